The van der Waals surface area contributed by atoms with Crippen molar-refractivity contribution in [2.24, 2.45) is 7.05 Å². The molecule has 1 aromatic carbocycles. The number of nitro benzene ring substituents is 1. The number of benzene rings is 1. The third kappa shape index (κ3) is 2.28. The number of aryl methyl sites for hydroxylation is 1. The summed E-state index contributed by atoms with van der Waals surface area (Å²) in [6.45, 7) is 1.01. The Morgan fingerprint density at radius 1 is 1.40 bits per heavy atom. The normalized spacial score (nSPS) is 15.7. The Balaban J connectivity index is 2.04. The van der Waals surface area contributed by atoms with Gasteiger partial charge in [0.05, 0.1) is 29.9 Å². The first-order valence-corrected chi connectivity index (χ1v) is 6.16. The Hall–Kier alpha value is -2.25. The van der Waals surface area contributed by atoms with Crippen molar-refractivity contribution in [2.45, 2.75) is 6.29 Å². The molecular weight excluding hydrogens is 262 g/mol. The van der Waals surface area contributed by atoms with Gasteiger partial charge in [-0.2, -0.15) is 5.10 Å². The molecule has 1 saturated heterocycles. The van der Waals surface area contributed by atoms with Gasteiger partial charge in [-0.1, -0.05) is 6.07 Å². The standard InChI is InChI=1S/C13H13N3O4/c1-15-8-10(7-14-15)11-3-2-9(6-12(11)16(17)18)13-19-4-5-20-13/h2-3,6-8,13H,4-5H2,1H3. The van der Waals surface area contributed by atoms with Crippen LogP contribution in [0.15, 0.2) is 30.6 Å². The summed E-state index contributed by atoms with van der Waals surface area (Å²) in [4.78, 5) is 10.9. The van der Waals surface area contributed by atoms with Crippen LogP contribution in [0.4, 0.5) is 5.69 Å². The third-order valence-corrected chi connectivity index (χ3v) is 3.13. The van der Waals surface area contributed by atoms with E-state index in [0.717, 1.165) is 0 Å². The number of aromatic nitrogens is 2. The molecule has 0 unspecified atom stereocenters. The lowest BCUT2D eigenvalue weighted by molar-refractivity contribution is -0.384. The molecule has 0 radical (unpaired) electrons. The van der Waals surface area contributed by atoms with Crippen molar-refractivity contribution in [1.29, 1.82) is 0 Å². The van der Waals surface area contributed by atoms with E-state index in [2.05, 4.69) is 5.10 Å². The van der Waals surface area contributed by atoms with Gasteiger partial charge in [0.1, 0.15) is 0 Å². The number of nitrogens with zero attached hydrogens (tertiary/aromatic N) is 3. The molecule has 1 aromatic heterocycles. The minimum Gasteiger partial charge on any atom is -0.346 e. The first-order valence-electron chi connectivity index (χ1n) is 6.16. The summed E-state index contributed by atoms with van der Waals surface area (Å²) >= 11 is 0. The van der Waals surface area contributed by atoms with Gasteiger partial charge in [0, 0.05) is 30.4 Å². The molecule has 0 N–H and O–H groups in total. The predicted octanol–water partition coefficient (Wildman–Crippen LogP) is 2.04. The molecule has 7 heteroatoms. The average molecular weight is 275 g/mol. The predicted molar refractivity (Wildman–Crippen MR) is 69.9 cm³/mol. The summed E-state index contributed by atoms with van der Waals surface area (Å²) in [6.07, 6.45) is 2.83. The van der Waals surface area contributed by atoms with E-state index >= 15 is 0 Å². The van der Waals surface area contributed by atoms with Gasteiger partial charge in [-0.3, -0.25) is 14.8 Å². The highest BCUT2D eigenvalue weighted by molar-refractivity contribution is 5.73. The molecular formula is C13H13N3O4. The van der Waals surface area contributed by atoms with Gasteiger partial charge in [-0.05, 0) is 6.07 Å². The molecule has 20 heavy (non-hydrogen) atoms. The fourth-order valence-electron chi connectivity index (χ4n) is 2.20. The third-order valence-electron chi connectivity index (χ3n) is 3.13. The van der Waals surface area contributed by atoms with Gasteiger partial charge < -0.3 is 9.47 Å². The number of ether oxygens (including phenoxy) is 2. The summed E-state index contributed by atoms with van der Waals surface area (Å²) in [5.74, 6) is 0. The van der Waals surface area contributed by atoms with Crippen LogP contribution in [0.5, 0.6) is 0 Å². The average Bonchev–Trinajstić information content (AvgIpc) is 3.09. The van der Waals surface area contributed by atoms with E-state index in [-0.39, 0.29) is 5.69 Å². The van der Waals surface area contributed by atoms with Crippen LogP contribution in [0, 0.1) is 10.1 Å². The van der Waals surface area contributed by atoms with Crippen LogP contribution in [0.1, 0.15) is 11.9 Å². The fraction of sp³-hybridized carbons (Fsp3) is 0.308. The Morgan fingerprint density at radius 3 is 2.75 bits per heavy atom. The van der Waals surface area contributed by atoms with Crippen LogP contribution in [-0.4, -0.2) is 27.9 Å². The highest BCUT2D eigenvalue weighted by Crippen LogP contribution is 2.34. The second-order valence-corrected chi connectivity index (χ2v) is 4.51. The Morgan fingerprint density at radius 2 is 2.15 bits per heavy atom. The molecule has 104 valence electrons. The zero-order chi connectivity index (χ0) is 14.1. The van der Waals surface area contributed by atoms with Gasteiger partial charge in [0.2, 0.25) is 0 Å². The smallest absolute Gasteiger partial charge is 0.277 e. The molecule has 1 fully saturated rings. The summed E-state index contributed by atoms with van der Waals surface area (Å²) in [6, 6.07) is 4.99. The highest BCUT2D eigenvalue weighted by Gasteiger charge is 2.23. The highest BCUT2D eigenvalue weighted by atomic mass is 16.7. The van der Waals surface area contributed by atoms with E-state index in [0.29, 0.717) is 29.9 Å². The SMILES string of the molecule is Cn1cc(-c2ccc(C3OCCO3)cc2[N+](=O)[O-])cn1. The van der Waals surface area contributed by atoms with E-state index in [1.807, 2.05) is 0 Å². The van der Waals surface area contributed by atoms with Crippen LogP contribution < -0.4 is 0 Å². The first-order chi connectivity index (χ1) is 9.65. The quantitative estimate of drug-likeness (QED) is 0.632. The van der Waals surface area contributed by atoms with Gasteiger partial charge in [0.15, 0.2) is 6.29 Å². The first kappa shape index (κ1) is 12.8. The molecule has 0 bridgehead atoms. The maximum atomic E-state index is 11.3. The van der Waals surface area contributed by atoms with E-state index in [4.69, 9.17) is 9.47 Å². The summed E-state index contributed by atoms with van der Waals surface area (Å²) in [5.41, 5.74) is 1.92. The molecule has 2 aromatic rings. The second-order valence-electron chi connectivity index (χ2n) is 4.51. The molecule has 7 nitrogen and oxygen atoms in total. The van der Waals surface area contributed by atoms with Crippen molar-refractivity contribution in [1.82, 2.24) is 9.78 Å². The molecule has 1 aliphatic rings. The lowest BCUT2D eigenvalue weighted by atomic mass is 10.0. The van der Waals surface area contributed by atoms with Crippen LogP contribution in [-0.2, 0) is 16.5 Å². The van der Waals surface area contributed by atoms with Crippen molar-refractivity contribution in [3.8, 4) is 11.1 Å². The molecule has 0 spiro atoms. The van der Waals surface area contributed by atoms with E-state index in [9.17, 15) is 10.1 Å². The Labute approximate surface area is 114 Å². The van der Waals surface area contributed by atoms with Crippen LogP contribution in [0.2, 0.25) is 0 Å². The van der Waals surface area contributed by atoms with Crippen LogP contribution >= 0.6 is 0 Å². The van der Waals surface area contributed by atoms with Crippen LogP contribution in [0.3, 0.4) is 0 Å². The molecule has 2 heterocycles. The van der Waals surface area contributed by atoms with Crippen molar-refractivity contribution in [2.75, 3.05) is 13.2 Å². The van der Waals surface area contributed by atoms with Crippen molar-refractivity contribution >= 4 is 5.69 Å². The Kier molecular flexibility index (Phi) is 3.21. The zero-order valence-corrected chi connectivity index (χ0v) is 10.9. The fourth-order valence-corrected chi connectivity index (χ4v) is 2.20. The van der Waals surface area contributed by atoms with E-state index in [1.54, 1.807) is 36.3 Å². The molecule has 3 rings (SSSR count). The van der Waals surface area contributed by atoms with Gasteiger partial charge in [0.25, 0.3) is 5.69 Å². The number of nitro groups is 1. The number of hydrogen-bond acceptors (Lipinski definition) is 5. The largest absolute Gasteiger partial charge is 0.346 e. The second kappa shape index (κ2) is 5.03. The van der Waals surface area contributed by atoms with E-state index < -0.39 is 11.2 Å². The van der Waals surface area contributed by atoms with Gasteiger partial charge in [-0.15, -0.1) is 0 Å². The molecule has 0 atom stereocenters. The van der Waals surface area contributed by atoms with Crippen molar-refractivity contribution < 1.29 is 14.4 Å². The maximum Gasteiger partial charge on any atom is 0.277 e. The lowest BCUT2D eigenvalue weighted by Gasteiger charge is -2.10. The number of hydrogen-bond donors (Lipinski definition) is 0. The van der Waals surface area contributed by atoms with Crippen LogP contribution in [0.25, 0.3) is 11.1 Å². The molecule has 0 saturated carbocycles. The zero-order valence-electron chi connectivity index (χ0n) is 10.9. The topological polar surface area (TPSA) is 79.4 Å². The number of rotatable bonds is 3. The van der Waals surface area contributed by atoms with Gasteiger partial charge >= 0.3 is 0 Å². The summed E-state index contributed by atoms with van der Waals surface area (Å²) in [5, 5.41) is 15.3. The molecule has 0 aliphatic carbocycles. The van der Waals surface area contributed by atoms with E-state index in [1.165, 1.54) is 6.07 Å². The Bertz CT molecular complexity index is 647. The minimum atomic E-state index is -0.517. The maximum absolute atomic E-state index is 11.3. The van der Waals surface area contributed by atoms with Crippen molar-refractivity contribution in [3.63, 3.8) is 0 Å². The molecule has 0 amide bonds. The summed E-state index contributed by atoms with van der Waals surface area (Å²) in [7, 11) is 1.77. The molecule has 1 aliphatic heterocycles. The van der Waals surface area contributed by atoms with Gasteiger partial charge in [-0.25, -0.2) is 0 Å². The lowest BCUT2D eigenvalue weighted by Crippen LogP contribution is -2.00. The monoisotopic (exact) mass is 275 g/mol. The minimum absolute atomic E-state index is 0.0228. The van der Waals surface area contributed by atoms with Crippen molar-refractivity contribution in [3.05, 3.63) is 46.3 Å². The summed E-state index contributed by atoms with van der Waals surface area (Å²) < 4.78 is 12.3.